The Morgan fingerprint density at radius 2 is 2.15 bits per heavy atom. The van der Waals surface area contributed by atoms with Gasteiger partial charge in [0.2, 0.25) is 5.91 Å². The van der Waals surface area contributed by atoms with E-state index in [2.05, 4.69) is 0 Å². The van der Waals surface area contributed by atoms with Crippen LogP contribution < -0.4 is 5.73 Å². The molecule has 1 heterocycles. The number of rotatable bonds is 2. The summed E-state index contributed by atoms with van der Waals surface area (Å²) in [6, 6.07) is 0.0298. The number of hydrogen-bond acceptors (Lipinski definition) is 3. The van der Waals surface area contributed by atoms with Crippen molar-refractivity contribution in [3.63, 3.8) is 0 Å². The quantitative estimate of drug-likeness (QED) is 0.549. The second-order valence-electron chi connectivity index (χ2n) is 3.00. The highest BCUT2D eigenvalue weighted by atomic mass is 16.4. The second-order valence-corrected chi connectivity index (χ2v) is 3.00. The van der Waals surface area contributed by atoms with Crippen LogP contribution in [0.5, 0.6) is 0 Å². The summed E-state index contributed by atoms with van der Waals surface area (Å²) in [5.74, 6) is -1.40. The largest absolute Gasteiger partial charge is 0.478 e. The Hall–Kier alpha value is -1.36. The third-order valence-corrected chi connectivity index (χ3v) is 1.90. The molecule has 5 heteroatoms. The van der Waals surface area contributed by atoms with Crippen LogP contribution in [-0.2, 0) is 9.59 Å². The van der Waals surface area contributed by atoms with Gasteiger partial charge in [-0.25, -0.2) is 4.79 Å². The monoisotopic (exact) mass is 184 g/mol. The Kier molecular flexibility index (Phi) is 3.02. The van der Waals surface area contributed by atoms with E-state index in [9.17, 15) is 9.59 Å². The molecule has 0 radical (unpaired) electrons. The average molecular weight is 184 g/mol. The van der Waals surface area contributed by atoms with Gasteiger partial charge in [-0.05, 0) is 6.42 Å². The number of aliphatic carboxylic acids is 1. The zero-order valence-corrected chi connectivity index (χ0v) is 7.14. The minimum absolute atomic E-state index is 0.0298. The first-order chi connectivity index (χ1) is 6.09. The molecule has 1 aliphatic rings. The average Bonchev–Trinajstić information content (AvgIpc) is 2.47. The maximum atomic E-state index is 11.2. The molecule has 1 rings (SSSR count). The van der Waals surface area contributed by atoms with Crippen LogP contribution in [0.3, 0.4) is 0 Å². The fourth-order valence-electron chi connectivity index (χ4n) is 1.24. The molecule has 0 saturated carbocycles. The second kappa shape index (κ2) is 4.04. The smallest absolute Gasteiger partial charge is 0.328 e. The zero-order chi connectivity index (χ0) is 9.84. The summed E-state index contributed by atoms with van der Waals surface area (Å²) >= 11 is 0. The van der Waals surface area contributed by atoms with Crippen LogP contribution in [0.4, 0.5) is 0 Å². The summed E-state index contributed by atoms with van der Waals surface area (Å²) in [5.41, 5.74) is 5.58. The Labute approximate surface area is 75.8 Å². The first-order valence-electron chi connectivity index (χ1n) is 4.05. The molecule has 1 atom stereocenters. The van der Waals surface area contributed by atoms with Gasteiger partial charge in [0.25, 0.3) is 0 Å². The van der Waals surface area contributed by atoms with Crippen molar-refractivity contribution < 1.29 is 14.7 Å². The summed E-state index contributed by atoms with van der Waals surface area (Å²) in [7, 11) is 0. The number of amides is 1. The van der Waals surface area contributed by atoms with Gasteiger partial charge < -0.3 is 15.7 Å². The van der Waals surface area contributed by atoms with E-state index in [1.807, 2.05) is 0 Å². The van der Waals surface area contributed by atoms with Crippen LogP contribution in [0, 0.1) is 0 Å². The predicted molar refractivity (Wildman–Crippen MR) is 45.9 cm³/mol. The van der Waals surface area contributed by atoms with Gasteiger partial charge in [0.1, 0.15) is 0 Å². The molecule has 5 nitrogen and oxygen atoms in total. The van der Waals surface area contributed by atoms with Crippen LogP contribution in [0.1, 0.15) is 6.42 Å². The van der Waals surface area contributed by atoms with Crippen LogP contribution in [0.2, 0.25) is 0 Å². The summed E-state index contributed by atoms with van der Waals surface area (Å²) in [6.07, 6.45) is 2.68. The van der Waals surface area contributed by atoms with Gasteiger partial charge in [-0.3, -0.25) is 4.79 Å². The third-order valence-electron chi connectivity index (χ3n) is 1.90. The third kappa shape index (κ3) is 2.87. The molecule has 0 aromatic rings. The van der Waals surface area contributed by atoms with Gasteiger partial charge in [0, 0.05) is 31.3 Å². The number of carbonyl (C=O) groups excluding carboxylic acids is 1. The lowest BCUT2D eigenvalue weighted by Crippen LogP contribution is -2.30. The lowest BCUT2D eigenvalue weighted by Gasteiger charge is -2.12. The minimum atomic E-state index is -1.11. The molecular weight excluding hydrogens is 172 g/mol. The lowest BCUT2D eigenvalue weighted by atomic mass is 10.3. The molecule has 0 unspecified atom stereocenters. The molecule has 1 amide bonds. The Bertz CT molecular complexity index is 250. The molecule has 0 spiro atoms. The lowest BCUT2D eigenvalue weighted by molar-refractivity contribution is -0.132. The first-order valence-corrected chi connectivity index (χ1v) is 4.05. The maximum Gasteiger partial charge on any atom is 0.328 e. The molecule has 0 bridgehead atoms. The molecule has 72 valence electrons. The number of likely N-dealkylation sites (tertiary alicyclic amines) is 1. The van der Waals surface area contributed by atoms with Gasteiger partial charge in [-0.1, -0.05) is 0 Å². The highest BCUT2D eigenvalue weighted by molar-refractivity contribution is 5.94. The van der Waals surface area contributed by atoms with Crippen LogP contribution in [-0.4, -0.2) is 41.0 Å². The summed E-state index contributed by atoms with van der Waals surface area (Å²) in [4.78, 5) is 22.9. The normalized spacial score (nSPS) is 22.5. The van der Waals surface area contributed by atoms with E-state index in [0.717, 1.165) is 18.6 Å². The van der Waals surface area contributed by atoms with Crippen molar-refractivity contribution in [2.75, 3.05) is 13.1 Å². The molecule has 1 saturated heterocycles. The zero-order valence-electron chi connectivity index (χ0n) is 7.14. The standard InChI is InChI=1S/C8H12N2O3/c9-6-3-4-10(5-6)7(11)1-2-8(12)13/h1-2,6H,3-5,9H2,(H,12,13)/b2-1+/t6-/m0/s1. The van der Waals surface area contributed by atoms with Crippen molar-refractivity contribution in [2.45, 2.75) is 12.5 Å². The number of carboxylic acids is 1. The van der Waals surface area contributed by atoms with E-state index in [-0.39, 0.29) is 11.9 Å². The van der Waals surface area contributed by atoms with Gasteiger partial charge in [-0.2, -0.15) is 0 Å². The topological polar surface area (TPSA) is 83.6 Å². The van der Waals surface area contributed by atoms with E-state index in [1.54, 1.807) is 4.90 Å². The molecule has 1 fully saturated rings. The van der Waals surface area contributed by atoms with Crippen LogP contribution >= 0.6 is 0 Å². The first kappa shape index (κ1) is 9.73. The fourth-order valence-corrected chi connectivity index (χ4v) is 1.24. The van der Waals surface area contributed by atoms with E-state index >= 15 is 0 Å². The van der Waals surface area contributed by atoms with Gasteiger partial charge >= 0.3 is 5.97 Å². The predicted octanol–water partition coefficient (Wildman–Crippen LogP) is -0.813. The highest BCUT2D eigenvalue weighted by Gasteiger charge is 2.21. The summed E-state index contributed by atoms with van der Waals surface area (Å²) in [5, 5.41) is 8.27. The summed E-state index contributed by atoms with van der Waals surface area (Å²) in [6.45, 7) is 1.13. The molecule has 1 aliphatic heterocycles. The van der Waals surface area contributed by atoms with Crippen LogP contribution in [0.15, 0.2) is 12.2 Å². The summed E-state index contributed by atoms with van der Waals surface area (Å²) < 4.78 is 0. The van der Waals surface area contributed by atoms with Gasteiger partial charge in [0.15, 0.2) is 0 Å². The van der Waals surface area contributed by atoms with Crippen LogP contribution in [0.25, 0.3) is 0 Å². The maximum absolute atomic E-state index is 11.2. The fraction of sp³-hybridized carbons (Fsp3) is 0.500. The van der Waals surface area contributed by atoms with Crippen molar-refractivity contribution in [3.8, 4) is 0 Å². The van der Waals surface area contributed by atoms with E-state index in [1.165, 1.54) is 0 Å². The highest BCUT2D eigenvalue weighted by Crippen LogP contribution is 2.06. The molecular formula is C8H12N2O3. The van der Waals surface area contributed by atoms with Crippen molar-refractivity contribution >= 4 is 11.9 Å². The molecule has 0 aromatic carbocycles. The molecule has 3 N–H and O–H groups in total. The van der Waals surface area contributed by atoms with E-state index in [0.29, 0.717) is 13.1 Å². The minimum Gasteiger partial charge on any atom is -0.478 e. The molecule has 0 aromatic heterocycles. The number of nitrogens with two attached hydrogens (primary N) is 1. The number of carbonyl (C=O) groups is 2. The van der Waals surface area contributed by atoms with E-state index < -0.39 is 5.97 Å². The molecule has 13 heavy (non-hydrogen) atoms. The van der Waals surface area contributed by atoms with Crippen molar-refractivity contribution in [2.24, 2.45) is 5.73 Å². The van der Waals surface area contributed by atoms with Gasteiger partial charge in [-0.15, -0.1) is 0 Å². The SMILES string of the molecule is N[C@H]1CCN(C(=O)/C=C/C(=O)O)C1. The molecule has 0 aliphatic carbocycles. The van der Waals surface area contributed by atoms with Crippen molar-refractivity contribution in [3.05, 3.63) is 12.2 Å². The number of nitrogens with zero attached hydrogens (tertiary/aromatic N) is 1. The number of carboxylic acid groups (broad SMARTS) is 1. The number of hydrogen-bond donors (Lipinski definition) is 2. The Balaban J connectivity index is 2.44. The van der Waals surface area contributed by atoms with Crippen molar-refractivity contribution in [1.29, 1.82) is 0 Å². The van der Waals surface area contributed by atoms with Crippen molar-refractivity contribution in [1.82, 2.24) is 4.90 Å². The Morgan fingerprint density at radius 3 is 2.62 bits per heavy atom. The Morgan fingerprint density at radius 1 is 1.46 bits per heavy atom. The van der Waals surface area contributed by atoms with Gasteiger partial charge in [0.05, 0.1) is 0 Å². The van der Waals surface area contributed by atoms with E-state index in [4.69, 9.17) is 10.8 Å².